The highest BCUT2D eigenvalue weighted by Crippen LogP contribution is 2.24. The third-order valence-electron chi connectivity index (χ3n) is 6.12. The number of amides is 2. The Morgan fingerprint density at radius 1 is 1.12 bits per heavy atom. The molecule has 2 amide bonds. The Hall–Kier alpha value is -2.04. The lowest BCUT2D eigenvalue weighted by Crippen LogP contribution is -2.48. The van der Waals surface area contributed by atoms with Gasteiger partial charge < -0.3 is 14.8 Å². The van der Waals surface area contributed by atoms with Crippen molar-refractivity contribution in [1.29, 1.82) is 0 Å². The number of urea groups is 1. The quantitative estimate of drug-likeness (QED) is 0.902. The molecule has 1 N–H and O–H groups in total. The van der Waals surface area contributed by atoms with Crippen LogP contribution in [0.4, 0.5) is 4.79 Å². The molecule has 1 aliphatic heterocycles. The molecule has 2 aliphatic rings. The van der Waals surface area contributed by atoms with Crippen molar-refractivity contribution in [1.82, 2.24) is 19.8 Å². The monoisotopic (exact) mass is 354 g/mol. The third-order valence-corrected chi connectivity index (χ3v) is 6.12. The van der Waals surface area contributed by atoms with Crippen LogP contribution in [-0.2, 0) is 6.54 Å². The summed E-state index contributed by atoms with van der Waals surface area (Å²) in [6.07, 6.45) is 8.27. The van der Waals surface area contributed by atoms with Gasteiger partial charge >= 0.3 is 6.03 Å². The molecule has 2 heterocycles. The minimum atomic E-state index is 0.152. The molecule has 0 radical (unpaired) electrons. The van der Waals surface area contributed by atoms with E-state index >= 15 is 0 Å². The van der Waals surface area contributed by atoms with Crippen molar-refractivity contribution in [3.05, 3.63) is 30.1 Å². The van der Waals surface area contributed by atoms with E-state index in [1.165, 1.54) is 24.8 Å². The maximum absolute atomic E-state index is 12.5. The Bertz CT molecular complexity index is 754. The van der Waals surface area contributed by atoms with Crippen LogP contribution in [0.1, 0.15) is 50.8 Å². The van der Waals surface area contributed by atoms with Gasteiger partial charge in [-0.25, -0.2) is 9.78 Å². The number of aryl methyl sites for hydroxylation is 1. The Morgan fingerprint density at radius 3 is 2.62 bits per heavy atom. The fraction of sp³-hybridized carbons (Fsp3) is 0.619. The first-order valence-electron chi connectivity index (χ1n) is 10.2. The molecule has 0 spiro atoms. The maximum atomic E-state index is 12.5. The first kappa shape index (κ1) is 17.4. The van der Waals surface area contributed by atoms with Gasteiger partial charge in [-0.05, 0) is 50.7 Å². The number of nitrogens with one attached hydrogen (secondary N) is 1. The second-order valence-corrected chi connectivity index (χ2v) is 7.97. The number of hydrogen-bond acceptors (Lipinski definition) is 2. The molecule has 0 atom stereocenters. The summed E-state index contributed by atoms with van der Waals surface area (Å²) in [4.78, 5) is 19.2. The maximum Gasteiger partial charge on any atom is 0.317 e. The average molecular weight is 354 g/mol. The summed E-state index contributed by atoms with van der Waals surface area (Å²) in [6, 6.07) is 8.91. The number of carbonyl (C=O) groups excluding carboxylic acids is 1. The highest BCUT2D eigenvalue weighted by molar-refractivity contribution is 5.76. The van der Waals surface area contributed by atoms with Crippen LogP contribution < -0.4 is 5.32 Å². The van der Waals surface area contributed by atoms with Crippen molar-refractivity contribution in [2.75, 3.05) is 13.1 Å². The second-order valence-electron chi connectivity index (χ2n) is 7.97. The molecular weight excluding hydrogens is 324 g/mol. The van der Waals surface area contributed by atoms with Gasteiger partial charge in [-0.1, -0.05) is 31.4 Å². The number of aromatic nitrogens is 2. The highest BCUT2D eigenvalue weighted by atomic mass is 16.2. The predicted molar refractivity (Wildman–Crippen MR) is 104 cm³/mol. The van der Waals surface area contributed by atoms with Crippen LogP contribution in [0.3, 0.4) is 0 Å². The van der Waals surface area contributed by atoms with Gasteiger partial charge in [0.25, 0.3) is 0 Å². The highest BCUT2D eigenvalue weighted by Gasteiger charge is 2.25. The molecule has 1 aliphatic carbocycles. The summed E-state index contributed by atoms with van der Waals surface area (Å²) in [5.41, 5.74) is 2.30. The minimum absolute atomic E-state index is 0.152. The topological polar surface area (TPSA) is 50.2 Å². The number of imidazole rings is 1. The second kappa shape index (κ2) is 7.68. The largest absolute Gasteiger partial charge is 0.335 e. The third kappa shape index (κ3) is 3.71. The van der Waals surface area contributed by atoms with Crippen LogP contribution in [0.25, 0.3) is 11.0 Å². The molecule has 0 bridgehead atoms. The van der Waals surface area contributed by atoms with E-state index in [-0.39, 0.29) is 6.03 Å². The molecule has 5 nitrogen and oxygen atoms in total. The molecule has 2 fully saturated rings. The van der Waals surface area contributed by atoms with Gasteiger partial charge in [0.1, 0.15) is 5.82 Å². The van der Waals surface area contributed by atoms with Gasteiger partial charge in [0.05, 0.1) is 11.0 Å². The number of carbonyl (C=O) groups is 1. The number of fused-ring (bicyclic) bond motifs is 1. The molecular formula is C21H30N4O. The molecule has 140 valence electrons. The van der Waals surface area contributed by atoms with Gasteiger partial charge in [-0.2, -0.15) is 0 Å². The smallest absolute Gasteiger partial charge is 0.317 e. The van der Waals surface area contributed by atoms with Crippen LogP contribution in [-0.4, -0.2) is 39.6 Å². The van der Waals surface area contributed by atoms with E-state index in [0.717, 1.165) is 56.7 Å². The molecule has 2 aromatic rings. The van der Waals surface area contributed by atoms with Crippen molar-refractivity contribution >= 4 is 17.1 Å². The molecule has 1 aromatic heterocycles. The molecule has 0 unspecified atom stereocenters. The molecule has 1 saturated carbocycles. The fourth-order valence-electron chi connectivity index (χ4n) is 4.52. The van der Waals surface area contributed by atoms with Crippen molar-refractivity contribution in [2.45, 2.75) is 64.5 Å². The van der Waals surface area contributed by atoms with E-state index in [2.05, 4.69) is 40.0 Å². The number of para-hydroxylation sites is 2. The molecule has 26 heavy (non-hydrogen) atoms. The zero-order chi connectivity index (χ0) is 17.9. The molecule has 5 heteroatoms. The summed E-state index contributed by atoms with van der Waals surface area (Å²) >= 11 is 0. The van der Waals surface area contributed by atoms with Gasteiger partial charge in [-0.15, -0.1) is 0 Å². The lowest BCUT2D eigenvalue weighted by atomic mass is 9.95. The lowest BCUT2D eigenvalue weighted by molar-refractivity contribution is 0.160. The van der Waals surface area contributed by atoms with E-state index in [1.807, 2.05) is 11.0 Å². The van der Waals surface area contributed by atoms with Crippen LogP contribution in [0.2, 0.25) is 0 Å². The summed E-state index contributed by atoms with van der Waals surface area (Å²) in [6.45, 7) is 4.83. The predicted octanol–water partition coefficient (Wildman–Crippen LogP) is 4.10. The van der Waals surface area contributed by atoms with E-state index in [4.69, 9.17) is 0 Å². The number of piperidine rings is 1. The van der Waals surface area contributed by atoms with Crippen LogP contribution >= 0.6 is 0 Å². The van der Waals surface area contributed by atoms with E-state index in [0.29, 0.717) is 12.0 Å². The number of rotatable bonds is 3. The summed E-state index contributed by atoms with van der Waals surface area (Å²) in [7, 11) is 0. The van der Waals surface area contributed by atoms with Gasteiger partial charge in [0, 0.05) is 25.7 Å². The lowest BCUT2D eigenvalue weighted by Gasteiger charge is -2.34. The number of likely N-dealkylation sites (tertiary alicyclic amines) is 1. The first-order valence-corrected chi connectivity index (χ1v) is 10.2. The zero-order valence-corrected chi connectivity index (χ0v) is 15.8. The fourth-order valence-corrected chi connectivity index (χ4v) is 4.52. The normalized spacial score (nSPS) is 19.8. The van der Waals surface area contributed by atoms with E-state index < -0.39 is 0 Å². The van der Waals surface area contributed by atoms with Crippen molar-refractivity contribution in [3.63, 3.8) is 0 Å². The van der Waals surface area contributed by atoms with Crippen molar-refractivity contribution in [3.8, 4) is 0 Å². The summed E-state index contributed by atoms with van der Waals surface area (Å²) < 4.78 is 2.34. The molecule has 1 saturated heterocycles. The van der Waals surface area contributed by atoms with Gasteiger partial charge in [0.15, 0.2) is 0 Å². The zero-order valence-electron chi connectivity index (χ0n) is 15.8. The number of hydrogen-bond donors (Lipinski definition) is 1. The van der Waals surface area contributed by atoms with E-state index in [1.54, 1.807) is 0 Å². The Kier molecular flexibility index (Phi) is 5.14. The average Bonchev–Trinajstić information content (AvgIpc) is 2.98. The molecule has 1 aromatic carbocycles. The summed E-state index contributed by atoms with van der Waals surface area (Å²) in [5, 5.41) is 3.25. The minimum Gasteiger partial charge on any atom is -0.335 e. The number of benzene rings is 1. The van der Waals surface area contributed by atoms with Crippen molar-refractivity contribution in [2.24, 2.45) is 5.92 Å². The standard InChI is InChI=1S/C21H30N4O/c1-16-22-19-9-5-6-10-20(19)25(16)15-17-11-13-24(14-12-17)21(26)23-18-7-3-2-4-8-18/h5-6,9-10,17-18H,2-4,7-8,11-15H2,1H3,(H,23,26). The summed E-state index contributed by atoms with van der Waals surface area (Å²) in [5.74, 6) is 1.70. The van der Waals surface area contributed by atoms with Crippen LogP contribution in [0.15, 0.2) is 24.3 Å². The van der Waals surface area contributed by atoms with Gasteiger partial charge in [-0.3, -0.25) is 0 Å². The van der Waals surface area contributed by atoms with Gasteiger partial charge in [0.2, 0.25) is 0 Å². The first-order chi connectivity index (χ1) is 12.7. The Balaban J connectivity index is 1.32. The SMILES string of the molecule is Cc1nc2ccccc2n1CC1CCN(C(=O)NC2CCCCC2)CC1. The van der Waals surface area contributed by atoms with E-state index in [9.17, 15) is 4.79 Å². The Morgan fingerprint density at radius 2 is 1.85 bits per heavy atom. The Labute approximate surface area is 155 Å². The van der Waals surface area contributed by atoms with Crippen LogP contribution in [0, 0.1) is 12.8 Å². The van der Waals surface area contributed by atoms with Crippen LogP contribution in [0.5, 0.6) is 0 Å². The van der Waals surface area contributed by atoms with Crippen molar-refractivity contribution < 1.29 is 4.79 Å². The molecule has 4 rings (SSSR count). The number of nitrogens with zero attached hydrogens (tertiary/aromatic N) is 3.